The molecule has 132 valence electrons. The summed E-state index contributed by atoms with van der Waals surface area (Å²) < 4.78 is 0. The number of carbonyl (C=O) groups excluding carboxylic acids is 1. The van der Waals surface area contributed by atoms with E-state index in [1.165, 1.54) is 23.3 Å². The monoisotopic (exact) mass is 354 g/mol. The standard InChI is InChI=1S/C21H26N2OS/c1-16(19-10-11-19)23(15-18-6-4-3-5-7-18)21(24)22-14-17-8-12-20(25-2)13-9-17/h3-9,12-13,16,19H,10-11,14-15H2,1-2H3,(H,22,24). The zero-order valence-corrected chi connectivity index (χ0v) is 15.8. The van der Waals surface area contributed by atoms with Gasteiger partial charge in [0.25, 0.3) is 0 Å². The number of carbonyl (C=O) groups is 1. The highest BCUT2D eigenvalue weighted by Crippen LogP contribution is 2.35. The van der Waals surface area contributed by atoms with Crippen molar-refractivity contribution in [1.29, 1.82) is 0 Å². The van der Waals surface area contributed by atoms with Crippen LogP contribution in [0.25, 0.3) is 0 Å². The molecule has 3 nitrogen and oxygen atoms in total. The van der Waals surface area contributed by atoms with Gasteiger partial charge < -0.3 is 10.2 Å². The van der Waals surface area contributed by atoms with Gasteiger partial charge in [0.1, 0.15) is 0 Å². The van der Waals surface area contributed by atoms with Crippen LogP contribution >= 0.6 is 11.8 Å². The van der Waals surface area contributed by atoms with Gasteiger partial charge in [-0.05, 0) is 55.2 Å². The predicted molar refractivity (Wildman–Crippen MR) is 105 cm³/mol. The average molecular weight is 355 g/mol. The van der Waals surface area contributed by atoms with E-state index in [1.54, 1.807) is 11.8 Å². The molecule has 1 unspecified atom stereocenters. The lowest BCUT2D eigenvalue weighted by molar-refractivity contribution is 0.167. The summed E-state index contributed by atoms with van der Waals surface area (Å²) in [4.78, 5) is 16.1. The Kier molecular flexibility index (Phi) is 6.03. The molecule has 0 radical (unpaired) electrons. The number of amides is 2. The van der Waals surface area contributed by atoms with E-state index in [0.717, 1.165) is 5.56 Å². The zero-order valence-electron chi connectivity index (χ0n) is 14.9. The van der Waals surface area contributed by atoms with Crippen molar-refractivity contribution < 1.29 is 4.79 Å². The number of benzene rings is 2. The van der Waals surface area contributed by atoms with E-state index < -0.39 is 0 Å². The summed E-state index contributed by atoms with van der Waals surface area (Å²) in [6, 6.07) is 18.9. The van der Waals surface area contributed by atoms with E-state index in [9.17, 15) is 4.79 Å². The molecule has 1 aliphatic rings. The molecule has 25 heavy (non-hydrogen) atoms. The number of urea groups is 1. The lowest BCUT2D eigenvalue weighted by atomic mass is 10.1. The molecule has 1 atom stereocenters. The SMILES string of the molecule is CSc1ccc(CNC(=O)N(Cc2ccccc2)C(C)C2CC2)cc1. The first-order valence-electron chi connectivity index (χ1n) is 8.88. The molecule has 0 saturated heterocycles. The van der Waals surface area contributed by atoms with Crippen LogP contribution in [0.15, 0.2) is 59.5 Å². The lowest BCUT2D eigenvalue weighted by Crippen LogP contribution is -2.45. The number of thioether (sulfide) groups is 1. The average Bonchev–Trinajstić information content (AvgIpc) is 3.50. The van der Waals surface area contributed by atoms with E-state index in [4.69, 9.17) is 0 Å². The fourth-order valence-electron chi connectivity index (χ4n) is 3.04. The summed E-state index contributed by atoms with van der Waals surface area (Å²) in [5.41, 5.74) is 2.30. The second-order valence-corrected chi connectivity index (χ2v) is 7.58. The first-order chi connectivity index (χ1) is 12.2. The molecule has 0 heterocycles. The Labute approximate surface area is 154 Å². The molecular weight excluding hydrogens is 328 g/mol. The van der Waals surface area contributed by atoms with Crippen LogP contribution in [0.2, 0.25) is 0 Å². The smallest absolute Gasteiger partial charge is 0.318 e. The predicted octanol–water partition coefficient (Wildman–Crippen LogP) is 4.92. The van der Waals surface area contributed by atoms with Crippen LogP contribution in [0.5, 0.6) is 0 Å². The molecule has 2 amide bonds. The summed E-state index contributed by atoms with van der Waals surface area (Å²) in [6.07, 6.45) is 4.53. The van der Waals surface area contributed by atoms with Crippen molar-refractivity contribution in [3.63, 3.8) is 0 Å². The maximum atomic E-state index is 12.8. The molecule has 0 aliphatic heterocycles. The second-order valence-electron chi connectivity index (χ2n) is 6.70. The van der Waals surface area contributed by atoms with Crippen molar-refractivity contribution in [2.75, 3.05) is 6.26 Å². The number of hydrogen-bond acceptors (Lipinski definition) is 2. The van der Waals surface area contributed by atoms with Gasteiger partial charge in [-0.15, -0.1) is 11.8 Å². The Hall–Kier alpha value is -1.94. The quantitative estimate of drug-likeness (QED) is 0.716. The minimum absolute atomic E-state index is 0.0252. The van der Waals surface area contributed by atoms with Gasteiger partial charge in [-0.25, -0.2) is 4.79 Å². The molecule has 3 rings (SSSR count). The second kappa shape index (κ2) is 8.43. The van der Waals surface area contributed by atoms with E-state index in [1.807, 2.05) is 23.1 Å². The molecule has 2 aromatic rings. The highest BCUT2D eigenvalue weighted by Gasteiger charge is 2.34. The Balaban J connectivity index is 1.63. The van der Waals surface area contributed by atoms with Gasteiger partial charge in [-0.3, -0.25) is 0 Å². The number of nitrogens with one attached hydrogen (secondary N) is 1. The minimum atomic E-state index is 0.0252. The fourth-order valence-corrected chi connectivity index (χ4v) is 3.44. The van der Waals surface area contributed by atoms with E-state index in [0.29, 0.717) is 19.0 Å². The van der Waals surface area contributed by atoms with Crippen molar-refractivity contribution in [1.82, 2.24) is 10.2 Å². The first-order valence-corrected chi connectivity index (χ1v) is 10.1. The molecule has 0 bridgehead atoms. The fraction of sp³-hybridized carbons (Fsp3) is 0.381. The molecule has 1 saturated carbocycles. The van der Waals surface area contributed by atoms with Crippen LogP contribution in [0.3, 0.4) is 0 Å². The van der Waals surface area contributed by atoms with Crippen LogP contribution in [0, 0.1) is 5.92 Å². The van der Waals surface area contributed by atoms with E-state index in [-0.39, 0.29) is 12.1 Å². The van der Waals surface area contributed by atoms with Gasteiger partial charge in [0.2, 0.25) is 0 Å². The minimum Gasteiger partial charge on any atom is -0.334 e. The van der Waals surface area contributed by atoms with Crippen molar-refractivity contribution in [3.8, 4) is 0 Å². The normalized spacial score (nSPS) is 14.8. The zero-order chi connectivity index (χ0) is 17.6. The summed E-state index contributed by atoms with van der Waals surface area (Å²) in [6.45, 7) is 3.40. The van der Waals surface area contributed by atoms with E-state index in [2.05, 4.69) is 54.9 Å². The van der Waals surface area contributed by atoms with Crippen molar-refractivity contribution in [3.05, 3.63) is 65.7 Å². The Morgan fingerprint density at radius 1 is 1.12 bits per heavy atom. The topological polar surface area (TPSA) is 32.3 Å². The number of rotatable bonds is 7. The Bertz CT molecular complexity index is 683. The summed E-state index contributed by atoms with van der Waals surface area (Å²) in [7, 11) is 0. The highest BCUT2D eigenvalue weighted by molar-refractivity contribution is 7.98. The molecule has 2 aromatic carbocycles. The van der Waals surface area contributed by atoms with Gasteiger partial charge in [0.15, 0.2) is 0 Å². The van der Waals surface area contributed by atoms with Crippen molar-refractivity contribution in [2.24, 2.45) is 5.92 Å². The van der Waals surface area contributed by atoms with Crippen LogP contribution < -0.4 is 5.32 Å². The van der Waals surface area contributed by atoms with Gasteiger partial charge in [-0.1, -0.05) is 42.5 Å². The van der Waals surface area contributed by atoms with E-state index >= 15 is 0 Å². The third-order valence-corrected chi connectivity index (χ3v) is 5.60. The van der Waals surface area contributed by atoms with Gasteiger partial charge >= 0.3 is 6.03 Å². The highest BCUT2D eigenvalue weighted by atomic mass is 32.2. The Morgan fingerprint density at radius 2 is 1.80 bits per heavy atom. The van der Waals surface area contributed by atoms with Crippen molar-refractivity contribution in [2.45, 2.75) is 43.8 Å². The lowest BCUT2D eigenvalue weighted by Gasteiger charge is -2.30. The van der Waals surface area contributed by atoms with Gasteiger partial charge in [-0.2, -0.15) is 0 Å². The molecule has 4 heteroatoms. The maximum Gasteiger partial charge on any atom is 0.318 e. The molecule has 1 N–H and O–H groups in total. The summed E-state index contributed by atoms with van der Waals surface area (Å²) >= 11 is 1.73. The largest absolute Gasteiger partial charge is 0.334 e. The van der Waals surface area contributed by atoms with Gasteiger partial charge in [0.05, 0.1) is 0 Å². The third-order valence-electron chi connectivity index (χ3n) is 4.86. The molecule has 0 spiro atoms. The number of hydrogen-bond donors (Lipinski definition) is 1. The first kappa shape index (κ1) is 17.9. The summed E-state index contributed by atoms with van der Waals surface area (Å²) in [5.74, 6) is 0.648. The van der Waals surface area contributed by atoms with Gasteiger partial charge in [0, 0.05) is 24.0 Å². The maximum absolute atomic E-state index is 12.8. The van der Waals surface area contributed by atoms with Crippen molar-refractivity contribution >= 4 is 17.8 Å². The molecule has 1 fully saturated rings. The molecule has 0 aromatic heterocycles. The molecular formula is C21H26N2OS. The van der Waals surface area contributed by atoms with Crippen LogP contribution in [-0.4, -0.2) is 23.2 Å². The Morgan fingerprint density at radius 3 is 2.40 bits per heavy atom. The number of nitrogens with zero attached hydrogens (tertiary/aromatic N) is 1. The van der Waals surface area contributed by atoms with Crippen LogP contribution in [0.4, 0.5) is 4.79 Å². The summed E-state index contributed by atoms with van der Waals surface area (Å²) in [5, 5.41) is 3.10. The molecule has 1 aliphatic carbocycles. The third kappa shape index (κ3) is 5.02. The van der Waals surface area contributed by atoms with Crippen LogP contribution in [-0.2, 0) is 13.1 Å². The van der Waals surface area contributed by atoms with Crippen LogP contribution in [0.1, 0.15) is 30.9 Å².